The molecule has 3 N–H and O–H groups in total. The fourth-order valence-corrected chi connectivity index (χ4v) is 3.13. The van der Waals surface area contributed by atoms with Crippen LogP contribution in [0.15, 0.2) is 28.1 Å². The van der Waals surface area contributed by atoms with Gasteiger partial charge in [0, 0.05) is 5.39 Å². The monoisotopic (exact) mass is 359 g/mol. The van der Waals surface area contributed by atoms with E-state index in [-0.39, 0.29) is 6.54 Å². The minimum Gasteiger partial charge on any atom is -0.488 e. The third kappa shape index (κ3) is 3.63. The van der Waals surface area contributed by atoms with Gasteiger partial charge in [0.15, 0.2) is 0 Å². The number of aryl methyl sites for hydroxylation is 2. The number of hydrogen-bond acceptors (Lipinski definition) is 6. The van der Waals surface area contributed by atoms with E-state index in [4.69, 9.17) is 14.9 Å². The molecule has 0 saturated carbocycles. The van der Waals surface area contributed by atoms with E-state index < -0.39 is 11.8 Å². The quantitative estimate of drug-likeness (QED) is 0.702. The predicted octanol–water partition coefficient (Wildman–Crippen LogP) is 2.30. The van der Waals surface area contributed by atoms with Gasteiger partial charge in [-0.2, -0.15) is 0 Å². The van der Waals surface area contributed by atoms with Gasteiger partial charge in [-0.3, -0.25) is 9.59 Å². The van der Waals surface area contributed by atoms with Crippen LogP contribution in [0.3, 0.4) is 0 Å². The summed E-state index contributed by atoms with van der Waals surface area (Å²) < 4.78 is 11.4. The summed E-state index contributed by atoms with van der Waals surface area (Å²) in [5, 5.41) is 3.10. The molecule has 0 aliphatic carbocycles. The average Bonchev–Trinajstić information content (AvgIpc) is 3.12. The average molecular weight is 359 g/mol. The van der Waals surface area contributed by atoms with Crippen molar-refractivity contribution >= 4 is 34.1 Å². The van der Waals surface area contributed by atoms with Crippen molar-refractivity contribution in [3.05, 3.63) is 45.6 Å². The largest absolute Gasteiger partial charge is 0.488 e. The molecule has 0 saturated heterocycles. The Hall–Kier alpha value is -2.87. The third-order valence-corrected chi connectivity index (χ3v) is 4.61. The highest BCUT2D eigenvalue weighted by atomic mass is 32.1. The normalized spacial score (nSPS) is 10.8. The minimum atomic E-state index is -0.609. The topological polar surface area (TPSA) is 107 Å². The van der Waals surface area contributed by atoms with E-state index in [0.717, 1.165) is 10.6 Å². The number of aromatic nitrogens is 1. The molecule has 0 atom stereocenters. The van der Waals surface area contributed by atoms with Crippen LogP contribution in [0, 0.1) is 13.8 Å². The number of fused-ring (bicyclic) bond motifs is 1. The number of carbonyl (C=O) groups excluding carboxylic acids is 2. The predicted molar refractivity (Wildman–Crippen MR) is 93.7 cm³/mol. The first-order valence-corrected chi connectivity index (χ1v) is 8.45. The van der Waals surface area contributed by atoms with E-state index in [1.807, 2.05) is 6.92 Å². The summed E-state index contributed by atoms with van der Waals surface area (Å²) in [7, 11) is 0. The summed E-state index contributed by atoms with van der Waals surface area (Å²) in [6.07, 6.45) is 0. The molecule has 0 aliphatic heterocycles. The highest BCUT2D eigenvalue weighted by Gasteiger charge is 2.19. The van der Waals surface area contributed by atoms with Gasteiger partial charge in [0.05, 0.1) is 28.2 Å². The lowest BCUT2D eigenvalue weighted by atomic mass is 10.1. The summed E-state index contributed by atoms with van der Waals surface area (Å²) in [6.45, 7) is 3.80. The van der Waals surface area contributed by atoms with E-state index in [1.165, 1.54) is 11.3 Å². The standard InChI is InChI=1S/C17H17N3O4S/c1-9-14(25-8-20-9)7-23-11-3-4-13-12(5-11)16(10(2)24-13)17(22)19-6-15(18)21/h3-5,8H,6-7H2,1-2H3,(H2,18,21)(H,19,22). The third-order valence-electron chi connectivity index (χ3n) is 3.70. The maximum atomic E-state index is 12.3. The number of nitrogens with one attached hydrogen (secondary N) is 1. The highest BCUT2D eigenvalue weighted by molar-refractivity contribution is 7.09. The van der Waals surface area contributed by atoms with Crippen molar-refractivity contribution < 1.29 is 18.7 Å². The number of furan rings is 1. The van der Waals surface area contributed by atoms with Crippen molar-refractivity contribution in [3.63, 3.8) is 0 Å². The van der Waals surface area contributed by atoms with Gasteiger partial charge in [-0.25, -0.2) is 4.98 Å². The maximum Gasteiger partial charge on any atom is 0.255 e. The van der Waals surface area contributed by atoms with Gasteiger partial charge < -0.3 is 20.2 Å². The molecule has 25 heavy (non-hydrogen) atoms. The Morgan fingerprint density at radius 3 is 2.84 bits per heavy atom. The maximum absolute atomic E-state index is 12.3. The molecule has 3 aromatic rings. The zero-order valence-electron chi connectivity index (χ0n) is 13.8. The molecule has 0 aliphatic rings. The van der Waals surface area contributed by atoms with E-state index in [2.05, 4.69) is 10.3 Å². The number of amides is 2. The van der Waals surface area contributed by atoms with Gasteiger partial charge in [0.25, 0.3) is 5.91 Å². The van der Waals surface area contributed by atoms with Crippen molar-refractivity contribution in [3.8, 4) is 5.75 Å². The van der Waals surface area contributed by atoms with Crippen LogP contribution in [-0.4, -0.2) is 23.3 Å². The van der Waals surface area contributed by atoms with Crippen LogP contribution >= 0.6 is 11.3 Å². The van der Waals surface area contributed by atoms with Crippen molar-refractivity contribution in [2.24, 2.45) is 5.73 Å². The van der Waals surface area contributed by atoms with Gasteiger partial charge in [0.1, 0.15) is 23.7 Å². The SMILES string of the molecule is Cc1ncsc1COc1ccc2oc(C)c(C(=O)NCC(N)=O)c2c1. The lowest BCUT2D eigenvalue weighted by Crippen LogP contribution is -2.33. The van der Waals surface area contributed by atoms with Gasteiger partial charge in [-0.15, -0.1) is 11.3 Å². The van der Waals surface area contributed by atoms with Crippen LogP contribution < -0.4 is 15.8 Å². The Labute approximate surface area is 147 Å². The number of primary amides is 1. The zero-order valence-corrected chi connectivity index (χ0v) is 14.6. The van der Waals surface area contributed by atoms with Crippen molar-refractivity contribution in [2.45, 2.75) is 20.5 Å². The molecule has 0 spiro atoms. The van der Waals surface area contributed by atoms with Gasteiger partial charge in [-0.05, 0) is 32.0 Å². The molecule has 2 heterocycles. The number of nitrogens with two attached hydrogens (primary N) is 1. The number of benzene rings is 1. The summed E-state index contributed by atoms with van der Waals surface area (Å²) >= 11 is 1.53. The number of thiazole rings is 1. The first kappa shape index (κ1) is 17.0. The Morgan fingerprint density at radius 1 is 1.36 bits per heavy atom. The minimum absolute atomic E-state index is 0.230. The molecule has 8 heteroatoms. The molecule has 3 rings (SSSR count). The van der Waals surface area contributed by atoms with Crippen LogP contribution in [-0.2, 0) is 11.4 Å². The smallest absolute Gasteiger partial charge is 0.255 e. The van der Waals surface area contributed by atoms with Gasteiger partial charge in [0.2, 0.25) is 5.91 Å². The van der Waals surface area contributed by atoms with Crippen LogP contribution in [0.5, 0.6) is 5.75 Å². The first-order valence-electron chi connectivity index (χ1n) is 7.57. The van der Waals surface area contributed by atoms with Crippen LogP contribution in [0.4, 0.5) is 0 Å². The molecule has 0 unspecified atom stereocenters. The lowest BCUT2D eigenvalue weighted by molar-refractivity contribution is -0.117. The van der Waals surface area contributed by atoms with E-state index in [9.17, 15) is 9.59 Å². The molecular weight excluding hydrogens is 342 g/mol. The fourth-order valence-electron chi connectivity index (χ4n) is 2.44. The van der Waals surface area contributed by atoms with E-state index in [1.54, 1.807) is 30.6 Å². The van der Waals surface area contributed by atoms with Gasteiger partial charge >= 0.3 is 0 Å². The number of carbonyl (C=O) groups is 2. The molecule has 1 aromatic carbocycles. The van der Waals surface area contributed by atoms with Crippen molar-refractivity contribution in [1.82, 2.24) is 10.3 Å². The first-order chi connectivity index (χ1) is 12.0. The Kier molecular flexibility index (Phi) is 4.71. The summed E-state index contributed by atoms with van der Waals surface area (Å²) in [6, 6.07) is 5.29. The van der Waals surface area contributed by atoms with Gasteiger partial charge in [-0.1, -0.05) is 0 Å². The van der Waals surface area contributed by atoms with Crippen molar-refractivity contribution in [2.75, 3.05) is 6.54 Å². The van der Waals surface area contributed by atoms with Crippen molar-refractivity contribution in [1.29, 1.82) is 0 Å². The zero-order chi connectivity index (χ0) is 18.0. The summed E-state index contributed by atoms with van der Waals surface area (Å²) in [4.78, 5) is 28.4. The number of ether oxygens (including phenoxy) is 1. The Balaban J connectivity index is 1.85. The van der Waals surface area contributed by atoms with E-state index in [0.29, 0.717) is 34.6 Å². The molecule has 2 amide bonds. The molecule has 7 nitrogen and oxygen atoms in total. The molecule has 0 fully saturated rings. The van der Waals surface area contributed by atoms with Crippen LogP contribution in [0.1, 0.15) is 26.7 Å². The van der Waals surface area contributed by atoms with Crippen LogP contribution in [0.25, 0.3) is 11.0 Å². The van der Waals surface area contributed by atoms with E-state index >= 15 is 0 Å². The molecule has 130 valence electrons. The molecule has 0 bridgehead atoms. The number of hydrogen-bond donors (Lipinski definition) is 2. The second-order valence-electron chi connectivity index (χ2n) is 5.49. The Bertz CT molecular complexity index is 945. The number of rotatable bonds is 6. The Morgan fingerprint density at radius 2 is 2.16 bits per heavy atom. The second kappa shape index (κ2) is 6.94. The number of nitrogens with zero attached hydrogens (tertiary/aromatic N) is 1. The summed E-state index contributed by atoms with van der Waals surface area (Å²) in [5.41, 5.74) is 8.73. The highest BCUT2D eigenvalue weighted by Crippen LogP contribution is 2.29. The molecular formula is C17H17N3O4S. The molecule has 0 radical (unpaired) electrons. The fraction of sp³-hybridized carbons (Fsp3) is 0.235. The summed E-state index contributed by atoms with van der Waals surface area (Å²) in [5.74, 6) is 0.0609. The lowest BCUT2D eigenvalue weighted by Gasteiger charge is -2.06. The molecule has 2 aromatic heterocycles. The second-order valence-corrected chi connectivity index (χ2v) is 6.43. The van der Waals surface area contributed by atoms with Crippen LogP contribution in [0.2, 0.25) is 0 Å².